The second-order valence-electron chi connectivity index (χ2n) is 4.81. The molecule has 0 spiro atoms. The van der Waals surface area contributed by atoms with Crippen LogP contribution >= 0.6 is 46.4 Å². The Hall–Kier alpha value is -0.840. The number of nitrogens with one attached hydrogen (secondary N) is 3. The molecule has 0 amide bonds. The average molecular weight is 393 g/mol. The van der Waals surface area contributed by atoms with E-state index in [0.29, 0.717) is 20.1 Å². The lowest BCUT2D eigenvalue weighted by Gasteiger charge is -2.11. The average Bonchev–Trinajstić information content (AvgIpc) is 2.54. The first-order chi connectivity index (χ1) is 11.1. The molecule has 0 radical (unpaired) electrons. The van der Waals surface area contributed by atoms with E-state index in [0.717, 1.165) is 37.6 Å². The van der Waals surface area contributed by atoms with Crippen LogP contribution < -0.4 is 16.0 Å². The van der Waals surface area contributed by atoms with Crippen LogP contribution in [0.5, 0.6) is 0 Å². The van der Waals surface area contributed by atoms with Gasteiger partial charge in [0.15, 0.2) is 0 Å². The molecule has 0 atom stereocenters. The van der Waals surface area contributed by atoms with E-state index in [1.165, 1.54) is 0 Å². The first-order valence-electron chi connectivity index (χ1n) is 7.16. The molecule has 0 fully saturated rings. The summed E-state index contributed by atoms with van der Waals surface area (Å²) in [5.74, 6) is 0. The summed E-state index contributed by atoms with van der Waals surface area (Å²) in [7, 11) is 0. The van der Waals surface area contributed by atoms with Crippen LogP contribution in [0.25, 0.3) is 0 Å². The van der Waals surface area contributed by atoms with E-state index in [2.05, 4.69) is 16.0 Å². The number of halogens is 4. The van der Waals surface area contributed by atoms with E-state index in [1.54, 1.807) is 12.1 Å². The van der Waals surface area contributed by atoms with Crippen molar-refractivity contribution in [2.24, 2.45) is 0 Å². The maximum atomic E-state index is 6.10. The zero-order valence-electron chi connectivity index (χ0n) is 12.3. The minimum atomic E-state index is 0.548. The van der Waals surface area contributed by atoms with Gasteiger partial charge in [-0.25, -0.2) is 0 Å². The van der Waals surface area contributed by atoms with Gasteiger partial charge in [-0.1, -0.05) is 58.5 Å². The number of hydrogen-bond acceptors (Lipinski definition) is 3. The summed E-state index contributed by atoms with van der Waals surface area (Å²) in [5.41, 5.74) is 1.68. The number of benzene rings is 2. The molecule has 124 valence electrons. The fourth-order valence-corrected chi connectivity index (χ4v) is 2.71. The Kier molecular flexibility index (Phi) is 7.60. The largest absolute Gasteiger partial charge is 0.383 e. The van der Waals surface area contributed by atoms with Gasteiger partial charge in [0.1, 0.15) is 0 Å². The van der Waals surface area contributed by atoms with Crippen LogP contribution in [-0.2, 0) is 0 Å². The molecule has 2 aromatic rings. The Balaban J connectivity index is 1.63. The van der Waals surface area contributed by atoms with Gasteiger partial charge in [0.25, 0.3) is 0 Å². The van der Waals surface area contributed by atoms with Gasteiger partial charge in [0.05, 0.1) is 31.5 Å². The van der Waals surface area contributed by atoms with Gasteiger partial charge in [-0.15, -0.1) is 0 Å². The van der Waals surface area contributed by atoms with E-state index in [-0.39, 0.29) is 0 Å². The lowest BCUT2D eigenvalue weighted by Crippen LogP contribution is -2.27. The number of anilines is 2. The Labute approximate surface area is 156 Å². The molecule has 0 aliphatic carbocycles. The predicted octanol–water partition coefficient (Wildman–Crippen LogP) is 5.41. The van der Waals surface area contributed by atoms with Crippen molar-refractivity contribution in [1.82, 2.24) is 5.32 Å². The lowest BCUT2D eigenvalue weighted by molar-refractivity contribution is 0.719. The van der Waals surface area contributed by atoms with Gasteiger partial charge in [-0.3, -0.25) is 0 Å². The topological polar surface area (TPSA) is 36.1 Å². The van der Waals surface area contributed by atoms with Crippen molar-refractivity contribution >= 4 is 57.8 Å². The lowest BCUT2D eigenvalue weighted by atomic mass is 10.3. The zero-order valence-corrected chi connectivity index (χ0v) is 15.3. The first-order valence-corrected chi connectivity index (χ1v) is 8.67. The smallest absolute Gasteiger partial charge is 0.0823 e. The standard InChI is InChI=1S/C16H17Cl4N3/c17-11-3-1-5-13(15(11)19)22-9-7-21-8-10-23-14-6-2-4-12(18)16(14)20/h1-6,21-23H,7-10H2. The van der Waals surface area contributed by atoms with Gasteiger partial charge in [-0.05, 0) is 24.3 Å². The molecule has 2 rings (SSSR count). The zero-order chi connectivity index (χ0) is 16.7. The van der Waals surface area contributed by atoms with E-state index in [1.807, 2.05) is 24.3 Å². The van der Waals surface area contributed by atoms with Crippen LogP contribution in [0.15, 0.2) is 36.4 Å². The molecule has 23 heavy (non-hydrogen) atoms. The van der Waals surface area contributed by atoms with Gasteiger partial charge in [-0.2, -0.15) is 0 Å². The van der Waals surface area contributed by atoms with Crippen molar-refractivity contribution in [1.29, 1.82) is 0 Å². The summed E-state index contributed by atoms with van der Waals surface area (Å²) < 4.78 is 0. The summed E-state index contributed by atoms with van der Waals surface area (Å²) in [5, 5.41) is 12.0. The summed E-state index contributed by atoms with van der Waals surface area (Å²) >= 11 is 24.1. The van der Waals surface area contributed by atoms with E-state index >= 15 is 0 Å². The number of hydrogen-bond donors (Lipinski definition) is 3. The number of rotatable bonds is 8. The van der Waals surface area contributed by atoms with Crippen LogP contribution in [0.2, 0.25) is 20.1 Å². The Morgan fingerprint density at radius 3 is 1.48 bits per heavy atom. The normalized spacial score (nSPS) is 10.6. The molecule has 0 bridgehead atoms. The summed E-state index contributed by atoms with van der Waals surface area (Å²) in [4.78, 5) is 0. The van der Waals surface area contributed by atoms with Crippen molar-refractivity contribution in [2.45, 2.75) is 0 Å². The third-order valence-electron chi connectivity index (χ3n) is 3.14. The molecule has 0 unspecified atom stereocenters. The van der Waals surface area contributed by atoms with Crippen LogP contribution in [0, 0.1) is 0 Å². The monoisotopic (exact) mass is 391 g/mol. The van der Waals surface area contributed by atoms with Gasteiger partial charge in [0, 0.05) is 26.2 Å². The second kappa shape index (κ2) is 9.45. The maximum absolute atomic E-state index is 6.10. The molecular weight excluding hydrogens is 376 g/mol. The molecular formula is C16H17Cl4N3. The Morgan fingerprint density at radius 2 is 1.04 bits per heavy atom. The molecule has 0 saturated carbocycles. The highest BCUT2D eigenvalue weighted by atomic mass is 35.5. The summed E-state index contributed by atoms with van der Waals surface area (Å²) in [6.07, 6.45) is 0. The molecule has 0 heterocycles. The molecule has 3 N–H and O–H groups in total. The highest BCUT2D eigenvalue weighted by Crippen LogP contribution is 2.30. The summed E-state index contributed by atoms with van der Waals surface area (Å²) in [6.45, 7) is 3.09. The minimum Gasteiger partial charge on any atom is -0.383 e. The van der Waals surface area contributed by atoms with Crippen molar-refractivity contribution in [2.75, 3.05) is 36.8 Å². The highest BCUT2D eigenvalue weighted by molar-refractivity contribution is 6.44. The van der Waals surface area contributed by atoms with Gasteiger partial charge in [0.2, 0.25) is 0 Å². The van der Waals surface area contributed by atoms with E-state index in [9.17, 15) is 0 Å². The molecule has 2 aromatic carbocycles. The third-order valence-corrected chi connectivity index (χ3v) is 4.78. The Morgan fingerprint density at radius 1 is 0.609 bits per heavy atom. The highest BCUT2D eigenvalue weighted by Gasteiger charge is 2.04. The second-order valence-corrected chi connectivity index (χ2v) is 6.38. The Bertz CT molecular complexity index is 594. The van der Waals surface area contributed by atoms with Gasteiger partial charge >= 0.3 is 0 Å². The van der Waals surface area contributed by atoms with Crippen molar-refractivity contribution in [3.8, 4) is 0 Å². The van der Waals surface area contributed by atoms with Gasteiger partial charge < -0.3 is 16.0 Å². The fourth-order valence-electron chi connectivity index (χ4n) is 1.98. The fraction of sp³-hybridized carbons (Fsp3) is 0.250. The summed E-state index contributed by atoms with van der Waals surface area (Å²) in [6, 6.07) is 11.1. The van der Waals surface area contributed by atoms with Crippen molar-refractivity contribution in [3.05, 3.63) is 56.5 Å². The van der Waals surface area contributed by atoms with E-state index < -0.39 is 0 Å². The molecule has 7 heteroatoms. The van der Waals surface area contributed by atoms with Crippen LogP contribution in [0.1, 0.15) is 0 Å². The SMILES string of the molecule is Clc1cccc(NCCNCCNc2cccc(Cl)c2Cl)c1Cl. The minimum absolute atomic E-state index is 0.548. The third kappa shape index (κ3) is 5.63. The predicted molar refractivity (Wildman–Crippen MR) is 103 cm³/mol. The van der Waals surface area contributed by atoms with Crippen LogP contribution in [0.3, 0.4) is 0 Å². The molecule has 0 aliphatic rings. The van der Waals surface area contributed by atoms with Crippen molar-refractivity contribution < 1.29 is 0 Å². The maximum Gasteiger partial charge on any atom is 0.0823 e. The van der Waals surface area contributed by atoms with Crippen molar-refractivity contribution in [3.63, 3.8) is 0 Å². The molecule has 0 saturated heterocycles. The molecule has 0 aromatic heterocycles. The molecule has 0 aliphatic heterocycles. The van der Waals surface area contributed by atoms with E-state index in [4.69, 9.17) is 46.4 Å². The molecule has 3 nitrogen and oxygen atoms in total. The first kappa shape index (κ1) is 18.5. The van der Waals surface area contributed by atoms with Crippen LogP contribution in [-0.4, -0.2) is 26.2 Å². The quantitative estimate of drug-likeness (QED) is 0.525. The van der Waals surface area contributed by atoms with Crippen LogP contribution in [0.4, 0.5) is 11.4 Å².